The second kappa shape index (κ2) is 12.3. The summed E-state index contributed by atoms with van der Waals surface area (Å²) in [4.78, 5) is 31.6. The number of aryl methyl sites for hydroxylation is 2. The predicted octanol–water partition coefficient (Wildman–Crippen LogP) is 6.20. The number of aromatic nitrogens is 6. The minimum absolute atomic E-state index is 0.0618. The van der Waals surface area contributed by atoms with Crippen LogP contribution in [0.2, 0.25) is 0 Å². The molecule has 0 aliphatic heterocycles. The number of benzene rings is 1. The highest BCUT2D eigenvalue weighted by Crippen LogP contribution is 2.51. The van der Waals surface area contributed by atoms with Crippen LogP contribution in [0.1, 0.15) is 64.1 Å². The number of carbonyl (C=O) groups excluding carboxylic acids is 2. The highest BCUT2D eigenvalue weighted by atomic mass is 127. The molecule has 10 nitrogen and oxygen atoms in total. The van der Waals surface area contributed by atoms with Gasteiger partial charge in [0.2, 0.25) is 0 Å². The van der Waals surface area contributed by atoms with E-state index in [4.69, 9.17) is 0 Å². The van der Waals surface area contributed by atoms with Crippen LogP contribution in [-0.2, 0) is 12.5 Å². The second-order valence-electron chi connectivity index (χ2n) is 11.3. The molecule has 0 radical (unpaired) electrons. The number of nitrogens with one attached hydrogen (secondary N) is 2. The van der Waals surface area contributed by atoms with Crippen molar-refractivity contribution in [2.45, 2.75) is 64.7 Å². The Morgan fingerprint density at radius 1 is 0.935 bits per heavy atom. The van der Waals surface area contributed by atoms with E-state index in [1.54, 1.807) is 58.9 Å². The molecule has 0 aliphatic rings. The first-order valence-corrected chi connectivity index (χ1v) is 14.4. The Balaban J connectivity index is 1.73. The van der Waals surface area contributed by atoms with Gasteiger partial charge in [-0.05, 0) is 92.6 Å². The number of alkyl halides is 7. The summed E-state index contributed by atoms with van der Waals surface area (Å²) >= 11 is 2.04. The topological polar surface area (TPSA) is 120 Å². The Morgan fingerprint density at radius 2 is 1.61 bits per heavy atom. The van der Waals surface area contributed by atoms with E-state index in [-0.39, 0.29) is 34.7 Å². The van der Waals surface area contributed by atoms with Crippen molar-refractivity contribution in [1.82, 2.24) is 35.1 Å². The molecule has 1 aromatic carbocycles. The molecule has 0 bridgehead atoms. The summed E-state index contributed by atoms with van der Waals surface area (Å²) in [6.07, 6.45) is -5.03. The van der Waals surface area contributed by atoms with Gasteiger partial charge in [-0.1, -0.05) is 6.07 Å². The van der Waals surface area contributed by atoms with Crippen LogP contribution in [0.3, 0.4) is 0 Å². The summed E-state index contributed by atoms with van der Waals surface area (Å²) < 4.78 is 95.3. The number of pyridine rings is 1. The minimum Gasteiger partial charge on any atom is -0.347 e. The van der Waals surface area contributed by atoms with E-state index < -0.39 is 47.6 Å². The Bertz CT molecular complexity index is 1790. The number of carbonyl (C=O) groups is 2. The molecule has 4 aromatic rings. The molecule has 3 heterocycles. The minimum atomic E-state index is -6.55. The van der Waals surface area contributed by atoms with Gasteiger partial charge in [0.05, 0.1) is 23.1 Å². The summed E-state index contributed by atoms with van der Waals surface area (Å²) in [5.74, 6) is -13.2. The molecule has 0 unspecified atom stereocenters. The Kier molecular flexibility index (Phi) is 9.26. The van der Waals surface area contributed by atoms with Crippen LogP contribution in [0.5, 0.6) is 0 Å². The van der Waals surface area contributed by atoms with Crippen molar-refractivity contribution in [1.29, 1.82) is 0 Å². The first-order valence-electron chi connectivity index (χ1n) is 13.3. The van der Waals surface area contributed by atoms with Gasteiger partial charge in [0, 0.05) is 15.3 Å². The van der Waals surface area contributed by atoms with Gasteiger partial charge in [-0.25, -0.2) is 9.67 Å². The molecule has 246 valence electrons. The molecule has 0 atom stereocenters. The van der Waals surface area contributed by atoms with Gasteiger partial charge in [0.15, 0.2) is 11.5 Å². The molecular weight excluding hydrogens is 740 g/mol. The summed E-state index contributed by atoms with van der Waals surface area (Å²) in [5, 5.41) is 16.4. The lowest BCUT2D eigenvalue weighted by atomic mass is 10.0. The maximum absolute atomic E-state index is 14.2. The summed E-state index contributed by atoms with van der Waals surface area (Å²) in [6.45, 7) is 8.14. The number of hydrogen-bond acceptors (Lipinski definition) is 6. The van der Waals surface area contributed by atoms with Crippen molar-refractivity contribution >= 4 is 40.1 Å². The van der Waals surface area contributed by atoms with Crippen molar-refractivity contribution < 1.29 is 40.3 Å². The number of anilines is 1. The third-order valence-corrected chi connectivity index (χ3v) is 6.98. The fourth-order valence-corrected chi connectivity index (χ4v) is 4.98. The molecule has 4 rings (SSSR count). The molecule has 0 spiro atoms. The summed E-state index contributed by atoms with van der Waals surface area (Å²) in [7, 11) is 0. The molecule has 2 amide bonds. The highest BCUT2D eigenvalue weighted by Gasteiger charge is 2.74. The average Bonchev–Trinajstić information content (AvgIpc) is 3.56. The van der Waals surface area contributed by atoms with E-state index in [0.29, 0.717) is 15.9 Å². The number of hydrogen-bond donors (Lipinski definition) is 2. The fraction of sp³-hybridized carbons (Fsp3) is 0.357. The molecule has 2 N–H and O–H groups in total. The van der Waals surface area contributed by atoms with Crippen LogP contribution in [0.25, 0.3) is 5.82 Å². The molecule has 0 saturated heterocycles. The number of nitrogens with zero attached hydrogens (tertiary/aromatic N) is 6. The molecule has 18 heteroatoms. The summed E-state index contributed by atoms with van der Waals surface area (Å²) in [6, 6.07) is 7.85. The lowest BCUT2D eigenvalue weighted by molar-refractivity contribution is -0.360. The first kappa shape index (κ1) is 34.8. The maximum atomic E-state index is 14.2. The van der Waals surface area contributed by atoms with Gasteiger partial charge in [0.25, 0.3) is 11.8 Å². The maximum Gasteiger partial charge on any atom is 0.460 e. The normalized spacial score (nSPS) is 12.7. The van der Waals surface area contributed by atoms with Crippen molar-refractivity contribution in [2.75, 3.05) is 5.32 Å². The third kappa shape index (κ3) is 7.00. The zero-order valence-electron chi connectivity index (χ0n) is 24.8. The number of rotatable bonds is 8. The van der Waals surface area contributed by atoms with Gasteiger partial charge in [-0.3, -0.25) is 9.59 Å². The van der Waals surface area contributed by atoms with Gasteiger partial charge in [0.1, 0.15) is 12.2 Å². The van der Waals surface area contributed by atoms with Crippen molar-refractivity contribution in [3.05, 3.63) is 80.1 Å². The molecule has 46 heavy (non-hydrogen) atoms. The lowest BCUT2D eigenvalue weighted by Gasteiger charge is -2.26. The molecular formula is C28H26F7IN8O2. The van der Waals surface area contributed by atoms with Gasteiger partial charge >= 0.3 is 18.0 Å². The van der Waals surface area contributed by atoms with Crippen LogP contribution < -0.4 is 10.6 Å². The van der Waals surface area contributed by atoms with Gasteiger partial charge in [-0.15, -0.1) is 0 Å². The van der Waals surface area contributed by atoms with Crippen LogP contribution in [0.4, 0.5) is 36.4 Å². The first-order chi connectivity index (χ1) is 21.1. The van der Waals surface area contributed by atoms with E-state index >= 15 is 0 Å². The zero-order valence-corrected chi connectivity index (χ0v) is 26.9. The predicted molar refractivity (Wildman–Crippen MR) is 159 cm³/mol. The standard InChI is InChI=1S/C28H26F7IN8O2/c1-14-7-6-8-37-22(14)44-19(24(46)39-21-15(2)9-16(36)10-18(21)23(45)40-25(3,4)5)11-17(41-44)13-43-38-12-20(42-43)26(29,30)27(31,32)28(33,34)35/h6-12H,13H2,1-5H3,(H,39,46)(H,40,45). The molecule has 0 aliphatic carbocycles. The van der Waals surface area contributed by atoms with E-state index in [1.165, 1.54) is 12.3 Å². The van der Waals surface area contributed by atoms with Crippen molar-refractivity contribution in [2.24, 2.45) is 0 Å². The monoisotopic (exact) mass is 766 g/mol. The molecule has 0 saturated carbocycles. The second-order valence-corrected chi connectivity index (χ2v) is 12.5. The SMILES string of the molecule is Cc1cccnc1-n1nc(Cn2ncc(C(F)(F)C(F)(F)C(F)(F)F)n2)cc1C(=O)Nc1c(C)cc(I)cc1C(=O)NC(C)(C)C. The summed E-state index contributed by atoms with van der Waals surface area (Å²) in [5.41, 5.74) is -1.21. The third-order valence-electron chi connectivity index (χ3n) is 6.36. The zero-order chi connectivity index (χ0) is 34.4. The van der Waals surface area contributed by atoms with E-state index in [9.17, 15) is 40.3 Å². The van der Waals surface area contributed by atoms with Crippen LogP contribution in [-0.4, -0.2) is 59.2 Å². The Labute approximate surface area is 270 Å². The smallest absolute Gasteiger partial charge is 0.347 e. The van der Waals surface area contributed by atoms with E-state index in [2.05, 4.69) is 30.9 Å². The quantitative estimate of drug-likeness (QED) is 0.163. The molecule has 3 aromatic heterocycles. The van der Waals surface area contributed by atoms with Crippen LogP contribution in [0.15, 0.2) is 42.7 Å². The number of amides is 2. The van der Waals surface area contributed by atoms with Gasteiger partial charge < -0.3 is 10.6 Å². The Hall–Kier alpha value is -4.10. The lowest BCUT2D eigenvalue weighted by Crippen LogP contribution is -2.50. The molecule has 0 fully saturated rings. The van der Waals surface area contributed by atoms with Crippen molar-refractivity contribution in [3.8, 4) is 5.82 Å². The van der Waals surface area contributed by atoms with Gasteiger partial charge in [-0.2, -0.15) is 50.8 Å². The van der Waals surface area contributed by atoms with Crippen LogP contribution in [0, 0.1) is 17.4 Å². The number of halogens is 8. The highest BCUT2D eigenvalue weighted by molar-refractivity contribution is 14.1. The fourth-order valence-electron chi connectivity index (χ4n) is 4.20. The van der Waals surface area contributed by atoms with Crippen molar-refractivity contribution in [3.63, 3.8) is 0 Å². The van der Waals surface area contributed by atoms with E-state index in [0.717, 1.165) is 8.25 Å². The average molecular weight is 766 g/mol. The van der Waals surface area contributed by atoms with E-state index in [1.807, 2.05) is 22.6 Å². The van der Waals surface area contributed by atoms with Crippen LogP contribution >= 0.6 is 22.6 Å². The largest absolute Gasteiger partial charge is 0.460 e. The Morgan fingerprint density at radius 3 is 2.22 bits per heavy atom.